The number of para-hydroxylation sites is 1. The molecular formula is C16H19NO4. The summed E-state index contributed by atoms with van der Waals surface area (Å²) >= 11 is 0. The standard InChI is InChI=1S/C16H19NO4/c18-11-12-3-1-4-14(21-13-6-9-20-10-7-13)16(12)17-8-2-5-15(17)19/h1,3-4,11,13H,2,5-10H2. The lowest BCUT2D eigenvalue weighted by molar-refractivity contribution is -0.117. The summed E-state index contributed by atoms with van der Waals surface area (Å²) in [6.07, 6.45) is 3.89. The van der Waals surface area contributed by atoms with Gasteiger partial charge in [0.2, 0.25) is 5.91 Å². The molecule has 0 aromatic heterocycles. The molecule has 0 saturated carbocycles. The topological polar surface area (TPSA) is 55.8 Å². The molecular weight excluding hydrogens is 270 g/mol. The van der Waals surface area contributed by atoms with Gasteiger partial charge in [0, 0.05) is 31.4 Å². The molecule has 1 aromatic rings. The van der Waals surface area contributed by atoms with Gasteiger partial charge in [0.05, 0.1) is 18.9 Å². The molecule has 5 nitrogen and oxygen atoms in total. The molecule has 0 spiro atoms. The number of carbonyl (C=O) groups is 2. The summed E-state index contributed by atoms with van der Waals surface area (Å²) in [5.41, 5.74) is 1.14. The summed E-state index contributed by atoms with van der Waals surface area (Å²) in [4.78, 5) is 25.0. The molecule has 112 valence electrons. The largest absolute Gasteiger partial charge is 0.488 e. The second-order valence-corrected chi connectivity index (χ2v) is 5.39. The molecule has 1 aromatic carbocycles. The molecule has 5 heteroatoms. The zero-order valence-corrected chi connectivity index (χ0v) is 11.9. The molecule has 21 heavy (non-hydrogen) atoms. The van der Waals surface area contributed by atoms with Gasteiger partial charge in [-0.15, -0.1) is 0 Å². The zero-order valence-electron chi connectivity index (χ0n) is 11.9. The van der Waals surface area contributed by atoms with Crippen LogP contribution in [0.25, 0.3) is 0 Å². The normalized spacial score (nSPS) is 19.8. The van der Waals surface area contributed by atoms with Crippen LogP contribution in [0.2, 0.25) is 0 Å². The Morgan fingerprint density at radius 3 is 2.76 bits per heavy atom. The van der Waals surface area contributed by atoms with Crippen molar-refractivity contribution in [1.29, 1.82) is 0 Å². The van der Waals surface area contributed by atoms with E-state index in [1.807, 2.05) is 6.07 Å². The van der Waals surface area contributed by atoms with Crippen molar-refractivity contribution in [2.45, 2.75) is 31.8 Å². The minimum atomic E-state index is 0.0566. The molecule has 0 aliphatic carbocycles. The van der Waals surface area contributed by atoms with E-state index in [0.717, 1.165) is 25.5 Å². The third-order valence-corrected chi connectivity index (χ3v) is 3.96. The van der Waals surface area contributed by atoms with E-state index in [2.05, 4.69) is 0 Å². The quantitative estimate of drug-likeness (QED) is 0.797. The first-order valence-electron chi connectivity index (χ1n) is 7.42. The minimum absolute atomic E-state index is 0.0566. The molecule has 0 bridgehead atoms. The van der Waals surface area contributed by atoms with Crippen LogP contribution in [0.1, 0.15) is 36.0 Å². The minimum Gasteiger partial charge on any atom is -0.488 e. The fourth-order valence-electron chi connectivity index (χ4n) is 2.88. The van der Waals surface area contributed by atoms with Gasteiger partial charge in [-0.2, -0.15) is 0 Å². The average Bonchev–Trinajstić information content (AvgIpc) is 2.94. The number of hydrogen-bond donors (Lipinski definition) is 0. The van der Waals surface area contributed by atoms with E-state index in [1.165, 1.54) is 0 Å². The van der Waals surface area contributed by atoms with Crippen LogP contribution in [0.5, 0.6) is 5.75 Å². The van der Waals surface area contributed by atoms with Gasteiger partial charge in [-0.3, -0.25) is 9.59 Å². The maximum atomic E-state index is 12.0. The van der Waals surface area contributed by atoms with Crippen molar-refractivity contribution in [3.8, 4) is 5.75 Å². The maximum absolute atomic E-state index is 12.0. The Morgan fingerprint density at radius 2 is 2.10 bits per heavy atom. The van der Waals surface area contributed by atoms with Gasteiger partial charge in [-0.05, 0) is 18.6 Å². The Morgan fingerprint density at radius 1 is 1.29 bits per heavy atom. The monoisotopic (exact) mass is 289 g/mol. The number of rotatable bonds is 4. The van der Waals surface area contributed by atoms with Crippen molar-refractivity contribution in [1.82, 2.24) is 0 Å². The number of benzene rings is 1. The van der Waals surface area contributed by atoms with E-state index in [1.54, 1.807) is 17.0 Å². The fraction of sp³-hybridized carbons (Fsp3) is 0.500. The number of anilines is 1. The van der Waals surface area contributed by atoms with Crippen LogP contribution in [0.15, 0.2) is 18.2 Å². The lowest BCUT2D eigenvalue weighted by Crippen LogP contribution is -2.29. The SMILES string of the molecule is O=Cc1cccc(OC2CCOCC2)c1N1CCCC1=O. The third kappa shape index (κ3) is 2.93. The van der Waals surface area contributed by atoms with E-state index < -0.39 is 0 Å². The Kier molecular flexibility index (Phi) is 4.20. The molecule has 0 atom stereocenters. The fourth-order valence-corrected chi connectivity index (χ4v) is 2.88. The summed E-state index contributed by atoms with van der Waals surface area (Å²) in [6, 6.07) is 5.36. The zero-order chi connectivity index (χ0) is 14.7. The van der Waals surface area contributed by atoms with Gasteiger partial charge in [-0.1, -0.05) is 6.07 Å². The second kappa shape index (κ2) is 6.26. The predicted molar refractivity (Wildman–Crippen MR) is 77.9 cm³/mol. The summed E-state index contributed by atoms with van der Waals surface area (Å²) in [5, 5.41) is 0. The number of aldehydes is 1. The molecule has 2 aliphatic rings. The van der Waals surface area contributed by atoms with Crippen LogP contribution in [0.3, 0.4) is 0 Å². The summed E-state index contributed by atoms with van der Waals surface area (Å²) in [7, 11) is 0. The molecule has 3 rings (SSSR count). The lowest BCUT2D eigenvalue weighted by atomic mass is 10.1. The van der Waals surface area contributed by atoms with Crippen molar-refractivity contribution in [3.63, 3.8) is 0 Å². The first kappa shape index (κ1) is 14.1. The number of hydrogen-bond acceptors (Lipinski definition) is 4. The molecule has 1 amide bonds. The summed E-state index contributed by atoms with van der Waals surface area (Å²) < 4.78 is 11.4. The number of ether oxygens (including phenoxy) is 2. The van der Waals surface area contributed by atoms with E-state index in [-0.39, 0.29) is 12.0 Å². The van der Waals surface area contributed by atoms with Gasteiger partial charge in [-0.25, -0.2) is 0 Å². The van der Waals surface area contributed by atoms with Crippen molar-refractivity contribution < 1.29 is 19.1 Å². The molecule has 2 aliphatic heterocycles. The molecule has 2 fully saturated rings. The highest BCUT2D eigenvalue weighted by Gasteiger charge is 2.28. The van der Waals surface area contributed by atoms with Crippen LogP contribution < -0.4 is 9.64 Å². The van der Waals surface area contributed by atoms with Crippen molar-refractivity contribution in [2.24, 2.45) is 0 Å². The van der Waals surface area contributed by atoms with Crippen molar-refractivity contribution in [3.05, 3.63) is 23.8 Å². The van der Waals surface area contributed by atoms with Gasteiger partial charge < -0.3 is 14.4 Å². The predicted octanol–water partition coefficient (Wildman–Crippen LogP) is 2.18. The molecule has 0 unspecified atom stereocenters. The smallest absolute Gasteiger partial charge is 0.227 e. The summed E-state index contributed by atoms with van der Waals surface area (Å²) in [6.45, 7) is 2.03. The number of nitrogens with zero attached hydrogens (tertiary/aromatic N) is 1. The van der Waals surface area contributed by atoms with Gasteiger partial charge >= 0.3 is 0 Å². The number of carbonyl (C=O) groups excluding carboxylic acids is 2. The Labute approximate surface area is 123 Å². The average molecular weight is 289 g/mol. The number of amides is 1. The molecule has 2 saturated heterocycles. The Hall–Kier alpha value is -1.88. The molecule has 0 radical (unpaired) electrons. The first-order chi connectivity index (χ1) is 10.3. The van der Waals surface area contributed by atoms with Gasteiger partial charge in [0.25, 0.3) is 0 Å². The molecule has 0 N–H and O–H groups in total. The van der Waals surface area contributed by atoms with Crippen LogP contribution in [-0.2, 0) is 9.53 Å². The Bertz CT molecular complexity index is 537. The second-order valence-electron chi connectivity index (χ2n) is 5.39. The highest BCUT2D eigenvalue weighted by Crippen LogP contribution is 2.35. The van der Waals surface area contributed by atoms with Crippen LogP contribution >= 0.6 is 0 Å². The van der Waals surface area contributed by atoms with Crippen molar-refractivity contribution in [2.75, 3.05) is 24.7 Å². The van der Waals surface area contributed by atoms with Gasteiger partial charge in [0.1, 0.15) is 11.9 Å². The van der Waals surface area contributed by atoms with Gasteiger partial charge in [0.15, 0.2) is 6.29 Å². The highest BCUT2D eigenvalue weighted by molar-refractivity contribution is 6.01. The van der Waals surface area contributed by atoms with Crippen LogP contribution in [-0.4, -0.2) is 38.1 Å². The van der Waals surface area contributed by atoms with E-state index in [0.29, 0.717) is 43.2 Å². The third-order valence-electron chi connectivity index (χ3n) is 3.96. The maximum Gasteiger partial charge on any atom is 0.227 e. The Balaban J connectivity index is 1.91. The molecule has 2 heterocycles. The first-order valence-corrected chi connectivity index (χ1v) is 7.42. The van der Waals surface area contributed by atoms with Crippen LogP contribution in [0, 0.1) is 0 Å². The highest BCUT2D eigenvalue weighted by atomic mass is 16.5. The lowest BCUT2D eigenvalue weighted by Gasteiger charge is -2.27. The van der Waals surface area contributed by atoms with Crippen LogP contribution in [0.4, 0.5) is 5.69 Å². The summed E-state index contributed by atoms with van der Waals surface area (Å²) in [5.74, 6) is 0.683. The van der Waals surface area contributed by atoms with Crippen molar-refractivity contribution >= 4 is 17.9 Å². The van der Waals surface area contributed by atoms with E-state index in [4.69, 9.17) is 9.47 Å². The van der Waals surface area contributed by atoms with E-state index in [9.17, 15) is 9.59 Å². The van der Waals surface area contributed by atoms with E-state index >= 15 is 0 Å².